The summed E-state index contributed by atoms with van der Waals surface area (Å²) in [5.74, 6) is -1.33. The van der Waals surface area contributed by atoms with Crippen LogP contribution in [0.5, 0.6) is 0 Å². The van der Waals surface area contributed by atoms with Crippen molar-refractivity contribution < 1.29 is 22.6 Å². The molecule has 3 N–H and O–H groups in total. The molecule has 2 aliphatic heterocycles. The Balaban J connectivity index is 1.36. The van der Waals surface area contributed by atoms with Gasteiger partial charge in [-0.15, -0.1) is 0 Å². The van der Waals surface area contributed by atoms with Gasteiger partial charge in [0.1, 0.15) is 23.7 Å². The van der Waals surface area contributed by atoms with Gasteiger partial charge in [0, 0.05) is 18.1 Å². The summed E-state index contributed by atoms with van der Waals surface area (Å²) in [4.78, 5) is 8.75. The second kappa shape index (κ2) is 8.82. The average molecular weight is 514 g/mol. The van der Waals surface area contributed by atoms with E-state index in [0.29, 0.717) is 37.9 Å². The number of benzene rings is 1. The van der Waals surface area contributed by atoms with Gasteiger partial charge in [0.25, 0.3) is 6.43 Å². The maximum atomic E-state index is 14.8. The summed E-state index contributed by atoms with van der Waals surface area (Å²) in [7, 11) is 0. The van der Waals surface area contributed by atoms with Crippen molar-refractivity contribution >= 4 is 17.0 Å². The molecule has 3 aliphatic rings. The van der Waals surface area contributed by atoms with E-state index in [2.05, 4.69) is 21.4 Å². The number of nitrogens with two attached hydrogens (primary N) is 1. The van der Waals surface area contributed by atoms with Crippen LogP contribution in [0.4, 0.5) is 19.1 Å². The minimum Gasteiger partial charge on any atom is -0.368 e. The monoisotopic (exact) mass is 513 g/mol. The lowest BCUT2D eigenvalue weighted by Crippen LogP contribution is -2.28. The molecular weight excluding hydrogens is 483 g/mol. The highest BCUT2D eigenvalue weighted by Crippen LogP contribution is 2.45. The minimum atomic E-state index is -2.86. The van der Waals surface area contributed by atoms with Crippen LogP contribution >= 0.6 is 0 Å². The molecule has 1 aliphatic carbocycles. The van der Waals surface area contributed by atoms with Gasteiger partial charge in [0.05, 0.1) is 17.3 Å². The standard InChI is InChI=1S/C27H30F3N5O2/c1-13-16-7-9-35(25(16)34-26(31)33-13)20-11-15(22-23(20)37-27(2,3)36-22)5-4-14-10-18(24(29)30)21(28)17-6-8-32-12-19(14)17/h7,9-11,20,22-24,32H,4-6,8,12H2,1-3H3,(H2,31,33,34)/t20-,22-,23+/m1/s1. The number of fused-ring (bicyclic) bond motifs is 3. The number of hydrogen-bond donors (Lipinski definition) is 2. The molecule has 37 heavy (non-hydrogen) atoms. The molecular formula is C27H30F3N5O2. The molecule has 4 heterocycles. The third-order valence-electron chi connectivity index (χ3n) is 7.69. The molecule has 1 saturated heterocycles. The van der Waals surface area contributed by atoms with Crippen molar-refractivity contribution in [3.8, 4) is 0 Å². The summed E-state index contributed by atoms with van der Waals surface area (Å²) in [5, 5.41) is 4.16. The zero-order chi connectivity index (χ0) is 26.1. The SMILES string of the molecule is Cc1nc(N)nc2c1ccn2[C@@H]1C=C(CCc2cc(C(F)F)c(F)c3c2CNCC3)[C@H]2OC(C)(C)O[C@H]21. The normalized spacial score (nSPS) is 24.5. The molecule has 3 aromatic rings. The molecule has 6 rings (SSSR count). The summed E-state index contributed by atoms with van der Waals surface area (Å²) < 4.78 is 56.8. The Morgan fingerprint density at radius 3 is 2.81 bits per heavy atom. The number of rotatable bonds is 5. The summed E-state index contributed by atoms with van der Waals surface area (Å²) >= 11 is 0. The van der Waals surface area contributed by atoms with Crippen molar-refractivity contribution in [2.75, 3.05) is 12.3 Å². The van der Waals surface area contributed by atoms with E-state index in [1.165, 1.54) is 6.07 Å². The molecule has 1 fully saturated rings. The second-order valence-corrected chi connectivity index (χ2v) is 10.5. The maximum Gasteiger partial charge on any atom is 0.266 e. The number of anilines is 1. The first-order chi connectivity index (χ1) is 17.6. The van der Waals surface area contributed by atoms with Crippen LogP contribution in [-0.4, -0.2) is 39.1 Å². The Morgan fingerprint density at radius 1 is 1.22 bits per heavy atom. The van der Waals surface area contributed by atoms with Crippen molar-refractivity contribution in [3.63, 3.8) is 0 Å². The Hall–Kier alpha value is -2.95. The van der Waals surface area contributed by atoms with Crippen molar-refractivity contribution in [2.45, 2.75) is 77.0 Å². The zero-order valence-corrected chi connectivity index (χ0v) is 21.0. The van der Waals surface area contributed by atoms with Crippen molar-refractivity contribution in [3.05, 3.63) is 63.7 Å². The van der Waals surface area contributed by atoms with Gasteiger partial charge in [0.15, 0.2) is 5.79 Å². The molecule has 0 radical (unpaired) electrons. The maximum absolute atomic E-state index is 14.8. The molecule has 0 unspecified atom stereocenters. The quantitative estimate of drug-likeness (QED) is 0.482. The van der Waals surface area contributed by atoms with E-state index in [0.717, 1.165) is 33.4 Å². The smallest absolute Gasteiger partial charge is 0.266 e. The van der Waals surface area contributed by atoms with Crippen LogP contribution in [0, 0.1) is 12.7 Å². The molecule has 1 aromatic carbocycles. The van der Waals surface area contributed by atoms with Crippen LogP contribution in [0.1, 0.15) is 60.7 Å². The molecule has 3 atom stereocenters. The van der Waals surface area contributed by atoms with Crippen LogP contribution in [0.2, 0.25) is 0 Å². The Morgan fingerprint density at radius 2 is 2.03 bits per heavy atom. The largest absolute Gasteiger partial charge is 0.368 e. The summed E-state index contributed by atoms with van der Waals surface area (Å²) in [6, 6.07) is 3.12. The number of nitrogens with zero attached hydrogens (tertiary/aromatic N) is 3. The van der Waals surface area contributed by atoms with E-state index in [1.807, 2.05) is 37.6 Å². The van der Waals surface area contributed by atoms with E-state index in [1.54, 1.807) is 0 Å². The van der Waals surface area contributed by atoms with E-state index in [9.17, 15) is 13.2 Å². The lowest BCUT2D eigenvalue weighted by Gasteiger charge is -2.24. The summed E-state index contributed by atoms with van der Waals surface area (Å²) in [5.41, 5.74) is 9.94. The third kappa shape index (κ3) is 4.11. The number of halogens is 3. The lowest BCUT2D eigenvalue weighted by molar-refractivity contribution is -0.147. The molecule has 7 nitrogen and oxygen atoms in total. The molecule has 196 valence electrons. The van der Waals surface area contributed by atoms with Gasteiger partial charge in [-0.1, -0.05) is 6.08 Å². The van der Waals surface area contributed by atoms with Crippen molar-refractivity contribution in [1.29, 1.82) is 0 Å². The van der Waals surface area contributed by atoms with Crippen molar-refractivity contribution in [1.82, 2.24) is 19.9 Å². The van der Waals surface area contributed by atoms with E-state index in [4.69, 9.17) is 15.2 Å². The highest BCUT2D eigenvalue weighted by atomic mass is 19.3. The predicted octanol–water partition coefficient (Wildman–Crippen LogP) is 4.68. The van der Waals surface area contributed by atoms with Crippen LogP contribution in [0.25, 0.3) is 11.0 Å². The topological polar surface area (TPSA) is 87.2 Å². The van der Waals surface area contributed by atoms with Gasteiger partial charge in [-0.05, 0) is 81.0 Å². The Bertz CT molecular complexity index is 1420. The summed E-state index contributed by atoms with van der Waals surface area (Å²) in [6.07, 6.45) is 2.13. The van der Waals surface area contributed by atoms with E-state index < -0.39 is 23.6 Å². The Kier molecular flexibility index (Phi) is 5.81. The molecule has 2 aromatic heterocycles. The Labute approximate surface area is 212 Å². The number of aryl methyl sites for hydroxylation is 2. The number of hydrogen-bond acceptors (Lipinski definition) is 6. The highest BCUT2D eigenvalue weighted by molar-refractivity contribution is 5.80. The molecule has 0 amide bonds. The number of alkyl halides is 2. The lowest BCUT2D eigenvalue weighted by atomic mass is 9.89. The van der Waals surface area contributed by atoms with Crippen LogP contribution < -0.4 is 11.1 Å². The number of nitrogens with one attached hydrogen (secondary N) is 1. The fourth-order valence-electron chi connectivity index (χ4n) is 6.05. The fourth-order valence-corrected chi connectivity index (χ4v) is 6.05. The van der Waals surface area contributed by atoms with Gasteiger partial charge in [-0.2, -0.15) is 4.98 Å². The fraction of sp³-hybridized carbons (Fsp3) is 0.481. The van der Waals surface area contributed by atoms with E-state index in [-0.39, 0.29) is 24.2 Å². The number of aromatic nitrogens is 3. The third-order valence-corrected chi connectivity index (χ3v) is 7.69. The van der Waals surface area contributed by atoms with Gasteiger partial charge < -0.3 is 25.1 Å². The van der Waals surface area contributed by atoms with Crippen LogP contribution in [0.15, 0.2) is 30.0 Å². The van der Waals surface area contributed by atoms with Crippen LogP contribution in [0.3, 0.4) is 0 Å². The zero-order valence-electron chi connectivity index (χ0n) is 21.0. The molecule has 0 bridgehead atoms. The van der Waals surface area contributed by atoms with Crippen LogP contribution in [-0.2, 0) is 28.9 Å². The van der Waals surface area contributed by atoms with E-state index >= 15 is 0 Å². The molecule has 0 saturated carbocycles. The first-order valence-corrected chi connectivity index (χ1v) is 12.6. The summed E-state index contributed by atoms with van der Waals surface area (Å²) in [6.45, 7) is 6.71. The van der Waals surface area contributed by atoms with Crippen molar-refractivity contribution in [2.24, 2.45) is 0 Å². The van der Waals surface area contributed by atoms with Gasteiger partial charge in [-0.3, -0.25) is 0 Å². The average Bonchev–Trinajstić information content (AvgIpc) is 3.49. The molecule has 0 spiro atoms. The first kappa shape index (κ1) is 24.4. The van der Waals surface area contributed by atoms with Gasteiger partial charge in [-0.25, -0.2) is 18.2 Å². The second-order valence-electron chi connectivity index (χ2n) is 10.5. The number of nitrogen functional groups attached to an aromatic ring is 1. The minimum absolute atomic E-state index is 0.187. The molecule has 10 heteroatoms. The number of ether oxygens (including phenoxy) is 2. The highest BCUT2D eigenvalue weighted by Gasteiger charge is 2.50. The van der Waals surface area contributed by atoms with Gasteiger partial charge in [0.2, 0.25) is 5.95 Å². The van der Waals surface area contributed by atoms with Gasteiger partial charge >= 0.3 is 0 Å². The first-order valence-electron chi connectivity index (χ1n) is 12.6. The predicted molar refractivity (Wildman–Crippen MR) is 133 cm³/mol.